The van der Waals surface area contributed by atoms with Crippen molar-refractivity contribution in [3.8, 4) is 0 Å². The van der Waals surface area contributed by atoms with Crippen LogP contribution in [0, 0.1) is 0 Å². The number of aromatic amines is 1. The van der Waals surface area contributed by atoms with Crippen molar-refractivity contribution in [2.45, 2.75) is 26.7 Å². The van der Waals surface area contributed by atoms with E-state index in [1.807, 2.05) is 0 Å². The number of aryl methyl sites for hydroxylation is 1. The fourth-order valence-corrected chi connectivity index (χ4v) is 1.26. The van der Waals surface area contributed by atoms with Crippen molar-refractivity contribution in [3.63, 3.8) is 0 Å². The summed E-state index contributed by atoms with van der Waals surface area (Å²) in [6, 6.07) is 0. The Balaban J connectivity index is 2.39. The first kappa shape index (κ1) is 9.26. The Morgan fingerprint density at radius 1 is 1.50 bits per heavy atom. The number of rotatable bonds is 5. The summed E-state index contributed by atoms with van der Waals surface area (Å²) in [4.78, 5) is 7.39. The van der Waals surface area contributed by atoms with Crippen LogP contribution in [-0.4, -0.2) is 23.1 Å². The van der Waals surface area contributed by atoms with Crippen LogP contribution in [0.25, 0.3) is 0 Å². The Bertz CT molecular complexity index is 217. The number of aromatic nitrogens is 2. The smallest absolute Gasteiger partial charge is 0.0925 e. The van der Waals surface area contributed by atoms with Crippen molar-refractivity contribution in [1.29, 1.82) is 0 Å². The van der Waals surface area contributed by atoms with E-state index in [9.17, 15) is 0 Å². The van der Waals surface area contributed by atoms with E-state index < -0.39 is 0 Å². The van der Waals surface area contributed by atoms with Gasteiger partial charge < -0.3 is 10.3 Å². The molecule has 0 radical (unpaired) electrons. The Morgan fingerprint density at radius 3 is 3.00 bits per heavy atom. The van der Waals surface area contributed by atoms with Crippen LogP contribution in [0.3, 0.4) is 0 Å². The van der Waals surface area contributed by atoms with E-state index in [2.05, 4.69) is 29.1 Å². The van der Waals surface area contributed by atoms with Crippen molar-refractivity contribution in [1.82, 2.24) is 15.3 Å². The molecule has 0 unspecified atom stereocenters. The molecule has 0 atom stereocenters. The molecular formula is C9H17N3. The third kappa shape index (κ3) is 2.34. The fourth-order valence-electron chi connectivity index (χ4n) is 1.26. The molecule has 0 aromatic carbocycles. The minimum absolute atomic E-state index is 1.02. The van der Waals surface area contributed by atoms with E-state index in [1.165, 1.54) is 11.4 Å². The van der Waals surface area contributed by atoms with E-state index in [1.54, 1.807) is 6.33 Å². The summed E-state index contributed by atoms with van der Waals surface area (Å²) >= 11 is 0. The van der Waals surface area contributed by atoms with E-state index in [0.29, 0.717) is 0 Å². The topological polar surface area (TPSA) is 40.7 Å². The van der Waals surface area contributed by atoms with Crippen LogP contribution < -0.4 is 5.32 Å². The Morgan fingerprint density at radius 2 is 2.33 bits per heavy atom. The average Bonchev–Trinajstić information content (AvgIpc) is 2.52. The van der Waals surface area contributed by atoms with Crippen LogP contribution in [-0.2, 0) is 12.8 Å². The molecule has 12 heavy (non-hydrogen) atoms. The first-order valence-corrected chi connectivity index (χ1v) is 4.60. The summed E-state index contributed by atoms with van der Waals surface area (Å²) in [6.45, 7) is 6.32. The lowest BCUT2D eigenvalue weighted by Crippen LogP contribution is -2.16. The van der Waals surface area contributed by atoms with Crippen LogP contribution in [0.2, 0.25) is 0 Å². The lowest BCUT2D eigenvalue weighted by molar-refractivity contribution is 0.706. The summed E-state index contributed by atoms with van der Waals surface area (Å²) in [5.74, 6) is 0. The average molecular weight is 167 g/mol. The fraction of sp³-hybridized carbons (Fsp3) is 0.667. The van der Waals surface area contributed by atoms with Gasteiger partial charge in [-0.05, 0) is 13.0 Å². The zero-order valence-corrected chi connectivity index (χ0v) is 7.85. The van der Waals surface area contributed by atoms with Crippen molar-refractivity contribution in [3.05, 3.63) is 17.7 Å². The van der Waals surface area contributed by atoms with E-state index >= 15 is 0 Å². The van der Waals surface area contributed by atoms with Gasteiger partial charge in [-0.25, -0.2) is 4.98 Å². The molecule has 0 aliphatic heterocycles. The molecule has 0 saturated heterocycles. The van der Waals surface area contributed by atoms with Gasteiger partial charge >= 0.3 is 0 Å². The van der Waals surface area contributed by atoms with E-state index in [0.717, 1.165) is 25.9 Å². The normalized spacial score (nSPS) is 10.5. The highest BCUT2D eigenvalue weighted by Gasteiger charge is 2.01. The number of imidazole rings is 1. The molecule has 0 spiro atoms. The summed E-state index contributed by atoms with van der Waals surface area (Å²) < 4.78 is 0. The van der Waals surface area contributed by atoms with Gasteiger partial charge in [0, 0.05) is 18.7 Å². The van der Waals surface area contributed by atoms with E-state index in [4.69, 9.17) is 0 Å². The quantitative estimate of drug-likeness (QED) is 0.645. The predicted octanol–water partition coefficient (Wildman–Crippen LogP) is 1.12. The Labute approximate surface area is 73.6 Å². The van der Waals surface area contributed by atoms with Gasteiger partial charge in [-0.3, -0.25) is 0 Å². The zero-order valence-electron chi connectivity index (χ0n) is 7.85. The molecule has 2 N–H and O–H groups in total. The van der Waals surface area contributed by atoms with Gasteiger partial charge in [-0.2, -0.15) is 0 Å². The summed E-state index contributed by atoms with van der Waals surface area (Å²) in [7, 11) is 0. The van der Waals surface area contributed by atoms with Crippen LogP contribution in [0.4, 0.5) is 0 Å². The third-order valence-corrected chi connectivity index (χ3v) is 1.94. The monoisotopic (exact) mass is 167 g/mol. The number of hydrogen-bond acceptors (Lipinski definition) is 2. The first-order chi connectivity index (χ1) is 5.88. The highest BCUT2D eigenvalue weighted by atomic mass is 14.9. The molecule has 1 rings (SSSR count). The van der Waals surface area contributed by atoms with Crippen LogP contribution >= 0.6 is 0 Å². The second-order valence-corrected chi connectivity index (χ2v) is 2.78. The molecule has 1 aromatic rings. The number of H-pyrrole nitrogens is 1. The summed E-state index contributed by atoms with van der Waals surface area (Å²) in [5.41, 5.74) is 2.48. The SMILES string of the molecule is CCNCCc1[nH]cnc1CC. The number of hydrogen-bond donors (Lipinski definition) is 2. The molecule has 3 nitrogen and oxygen atoms in total. The minimum atomic E-state index is 1.02. The van der Waals surface area contributed by atoms with Crippen LogP contribution in [0.15, 0.2) is 6.33 Å². The lowest BCUT2D eigenvalue weighted by atomic mass is 10.2. The van der Waals surface area contributed by atoms with E-state index in [-0.39, 0.29) is 0 Å². The second kappa shape index (κ2) is 4.93. The predicted molar refractivity (Wildman–Crippen MR) is 50.2 cm³/mol. The number of nitrogens with one attached hydrogen (secondary N) is 2. The van der Waals surface area contributed by atoms with Gasteiger partial charge in [0.25, 0.3) is 0 Å². The Hall–Kier alpha value is -0.830. The van der Waals surface area contributed by atoms with Crippen molar-refractivity contribution < 1.29 is 0 Å². The zero-order chi connectivity index (χ0) is 8.81. The lowest BCUT2D eigenvalue weighted by Gasteiger charge is -2.00. The molecule has 3 heteroatoms. The molecule has 0 fully saturated rings. The van der Waals surface area contributed by atoms with Crippen LogP contribution in [0.5, 0.6) is 0 Å². The highest BCUT2D eigenvalue weighted by Crippen LogP contribution is 2.03. The van der Waals surface area contributed by atoms with Crippen molar-refractivity contribution in [2.75, 3.05) is 13.1 Å². The van der Waals surface area contributed by atoms with Gasteiger partial charge in [-0.15, -0.1) is 0 Å². The molecule has 1 aromatic heterocycles. The molecule has 0 saturated carbocycles. The van der Waals surface area contributed by atoms with Gasteiger partial charge in [0.15, 0.2) is 0 Å². The molecular weight excluding hydrogens is 150 g/mol. The molecule has 0 aliphatic rings. The molecule has 0 amide bonds. The highest BCUT2D eigenvalue weighted by molar-refractivity contribution is 5.10. The van der Waals surface area contributed by atoms with Crippen molar-refractivity contribution in [2.24, 2.45) is 0 Å². The molecule has 0 aliphatic carbocycles. The Kier molecular flexibility index (Phi) is 3.80. The summed E-state index contributed by atoms with van der Waals surface area (Å²) in [6.07, 6.45) is 3.85. The molecule has 0 bridgehead atoms. The molecule has 1 heterocycles. The second-order valence-electron chi connectivity index (χ2n) is 2.78. The van der Waals surface area contributed by atoms with Gasteiger partial charge in [0.05, 0.1) is 12.0 Å². The van der Waals surface area contributed by atoms with Gasteiger partial charge in [0.2, 0.25) is 0 Å². The van der Waals surface area contributed by atoms with Gasteiger partial charge in [-0.1, -0.05) is 13.8 Å². The maximum atomic E-state index is 4.23. The first-order valence-electron chi connectivity index (χ1n) is 4.60. The summed E-state index contributed by atoms with van der Waals surface area (Å²) in [5, 5.41) is 3.29. The minimum Gasteiger partial charge on any atom is -0.348 e. The number of nitrogens with zero attached hydrogens (tertiary/aromatic N) is 1. The maximum Gasteiger partial charge on any atom is 0.0925 e. The van der Waals surface area contributed by atoms with Crippen molar-refractivity contribution >= 4 is 0 Å². The van der Waals surface area contributed by atoms with Gasteiger partial charge in [0.1, 0.15) is 0 Å². The standard InChI is InChI=1S/C9H17N3/c1-3-8-9(12-7-11-8)5-6-10-4-2/h7,10H,3-6H2,1-2H3,(H,11,12). The third-order valence-electron chi connectivity index (χ3n) is 1.94. The number of likely N-dealkylation sites (N-methyl/N-ethyl adjacent to an activating group) is 1. The van der Waals surface area contributed by atoms with Crippen LogP contribution in [0.1, 0.15) is 25.2 Å². The maximum absolute atomic E-state index is 4.23. The molecule has 68 valence electrons. The largest absolute Gasteiger partial charge is 0.348 e.